The summed E-state index contributed by atoms with van der Waals surface area (Å²) in [5.41, 5.74) is -0.883. The van der Waals surface area contributed by atoms with Crippen LogP contribution >= 0.6 is 0 Å². The number of nitrogens with one attached hydrogen (secondary N) is 1. The summed E-state index contributed by atoms with van der Waals surface area (Å²) >= 11 is 0. The normalized spacial score (nSPS) is 29.1. The Bertz CT molecular complexity index is 463. The zero-order valence-electron chi connectivity index (χ0n) is 10.9. The molecule has 1 spiro atoms. The summed E-state index contributed by atoms with van der Waals surface area (Å²) in [6.07, 6.45) is 6.12. The Balaban J connectivity index is 1.54. The minimum absolute atomic E-state index is 0.243. The second kappa shape index (κ2) is 3.58. The first kappa shape index (κ1) is 11.4. The van der Waals surface area contributed by atoms with Gasteiger partial charge in [-0.05, 0) is 56.3 Å². The van der Waals surface area contributed by atoms with E-state index in [1.165, 1.54) is 30.6 Å². The Hall–Kier alpha value is -1.39. The third kappa shape index (κ3) is 1.70. The van der Waals surface area contributed by atoms with Crippen LogP contribution in [0.5, 0.6) is 0 Å². The number of carbonyl (C=O) groups excluding carboxylic acids is 3. The summed E-state index contributed by atoms with van der Waals surface area (Å²) in [5.74, 6) is 1.24. The average molecular weight is 262 g/mol. The molecule has 5 heteroatoms. The molecule has 19 heavy (non-hydrogen) atoms. The van der Waals surface area contributed by atoms with Crippen molar-refractivity contribution in [1.82, 2.24) is 10.2 Å². The number of hydrogen-bond donors (Lipinski definition) is 1. The van der Waals surface area contributed by atoms with E-state index < -0.39 is 11.4 Å². The van der Waals surface area contributed by atoms with E-state index in [2.05, 4.69) is 5.32 Å². The van der Waals surface area contributed by atoms with Crippen molar-refractivity contribution in [2.75, 3.05) is 6.54 Å². The first-order valence-electron chi connectivity index (χ1n) is 7.29. The van der Waals surface area contributed by atoms with Gasteiger partial charge in [0.25, 0.3) is 0 Å². The molecule has 1 aliphatic heterocycles. The highest BCUT2D eigenvalue weighted by Gasteiger charge is 2.62. The van der Waals surface area contributed by atoms with E-state index in [1.54, 1.807) is 0 Å². The van der Waals surface area contributed by atoms with Crippen molar-refractivity contribution in [1.29, 1.82) is 0 Å². The van der Waals surface area contributed by atoms with Crippen LogP contribution in [0.2, 0.25) is 0 Å². The summed E-state index contributed by atoms with van der Waals surface area (Å²) < 4.78 is 0. The Morgan fingerprint density at radius 3 is 2.16 bits per heavy atom. The first-order chi connectivity index (χ1) is 9.12. The molecule has 0 aromatic heterocycles. The van der Waals surface area contributed by atoms with Crippen LogP contribution in [0.15, 0.2) is 0 Å². The van der Waals surface area contributed by atoms with E-state index >= 15 is 0 Å². The molecule has 0 unspecified atom stereocenters. The molecule has 102 valence electrons. The van der Waals surface area contributed by atoms with Crippen molar-refractivity contribution >= 4 is 17.8 Å². The number of rotatable bonds is 4. The maximum absolute atomic E-state index is 12.4. The van der Waals surface area contributed by atoms with Crippen LogP contribution < -0.4 is 5.32 Å². The van der Waals surface area contributed by atoms with Gasteiger partial charge in [-0.25, -0.2) is 4.79 Å². The fourth-order valence-corrected chi connectivity index (χ4v) is 3.41. The molecule has 0 radical (unpaired) electrons. The molecule has 1 N–H and O–H groups in total. The van der Waals surface area contributed by atoms with Gasteiger partial charge in [0, 0.05) is 6.54 Å². The van der Waals surface area contributed by atoms with Gasteiger partial charge in [-0.2, -0.15) is 0 Å². The third-order valence-corrected chi connectivity index (χ3v) is 5.15. The fourth-order valence-electron chi connectivity index (χ4n) is 3.41. The second-order valence-electron chi connectivity index (χ2n) is 6.60. The van der Waals surface area contributed by atoms with Gasteiger partial charge < -0.3 is 0 Å². The number of nitrogens with zero attached hydrogens (tertiary/aromatic N) is 1. The topological polar surface area (TPSA) is 66.5 Å². The van der Waals surface area contributed by atoms with Gasteiger partial charge in [-0.15, -0.1) is 0 Å². The molecule has 1 heterocycles. The summed E-state index contributed by atoms with van der Waals surface area (Å²) in [7, 11) is 0. The van der Waals surface area contributed by atoms with E-state index in [1.807, 2.05) is 0 Å². The van der Waals surface area contributed by atoms with E-state index in [-0.39, 0.29) is 11.8 Å². The zero-order valence-corrected chi connectivity index (χ0v) is 10.9. The molecule has 4 aliphatic rings. The van der Waals surface area contributed by atoms with E-state index in [0.29, 0.717) is 37.1 Å². The van der Waals surface area contributed by atoms with Crippen LogP contribution in [0.4, 0.5) is 4.79 Å². The maximum atomic E-state index is 12.4. The van der Waals surface area contributed by atoms with Gasteiger partial charge in [0.05, 0.1) is 0 Å². The van der Waals surface area contributed by atoms with Gasteiger partial charge in [0.1, 0.15) is 5.41 Å². The van der Waals surface area contributed by atoms with Crippen LogP contribution in [0.1, 0.15) is 38.5 Å². The van der Waals surface area contributed by atoms with Crippen LogP contribution in [-0.4, -0.2) is 29.3 Å². The lowest BCUT2D eigenvalue weighted by atomic mass is 9.95. The number of barbiturate groups is 1. The van der Waals surface area contributed by atoms with E-state index in [0.717, 1.165) is 0 Å². The lowest BCUT2D eigenvalue weighted by molar-refractivity contribution is -0.145. The molecule has 4 rings (SSSR count). The highest BCUT2D eigenvalue weighted by atomic mass is 16.2. The molecule has 3 saturated carbocycles. The van der Waals surface area contributed by atoms with Crippen LogP contribution in [-0.2, 0) is 9.59 Å². The van der Waals surface area contributed by atoms with E-state index in [9.17, 15) is 14.4 Å². The average Bonchev–Trinajstić information content (AvgIpc) is 3.25. The quantitative estimate of drug-likeness (QED) is 0.776. The molecule has 4 amide bonds. The van der Waals surface area contributed by atoms with Crippen molar-refractivity contribution in [3.05, 3.63) is 0 Å². The Kier molecular flexibility index (Phi) is 2.16. The highest BCUT2D eigenvalue weighted by Crippen LogP contribution is 2.52. The molecule has 4 fully saturated rings. The Labute approximate surface area is 111 Å². The van der Waals surface area contributed by atoms with E-state index in [4.69, 9.17) is 0 Å². The zero-order chi connectivity index (χ0) is 13.2. The van der Waals surface area contributed by atoms with Crippen molar-refractivity contribution in [3.63, 3.8) is 0 Å². The van der Waals surface area contributed by atoms with Crippen molar-refractivity contribution in [3.8, 4) is 0 Å². The summed E-state index contributed by atoms with van der Waals surface area (Å²) in [6.45, 7) is 0.523. The van der Waals surface area contributed by atoms with Crippen LogP contribution in [0.3, 0.4) is 0 Å². The fraction of sp³-hybridized carbons (Fsp3) is 0.786. The standard InChI is InChI=1S/C14H18N2O3/c17-11-14(5-6-14)12(18)16(13(19)15-11)7-10(8-1-2-8)9-3-4-9/h8-10H,1-7H2,(H,15,17,19). The van der Waals surface area contributed by atoms with Gasteiger partial charge in [0.15, 0.2) is 0 Å². The number of amides is 4. The highest BCUT2D eigenvalue weighted by molar-refractivity contribution is 6.20. The summed E-state index contributed by atoms with van der Waals surface area (Å²) in [5, 5.41) is 2.36. The molecule has 0 atom stereocenters. The Morgan fingerprint density at radius 1 is 1.11 bits per heavy atom. The van der Waals surface area contributed by atoms with Gasteiger partial charge in [-0.3, -0.25) is 19.8 Å². The summed E-state index contributed by atoms with van der Waals surface area (Å²) in [4.78, 5) is 37.4. The monoisotopic (exact) mass is 262 g/mol. The lowest BCUT2D eigenvalue weighted by Crippen LogP contribution is -2.60. The molecule has 0 bridgehead atoms. The number of carbonyl (C=O) groups is 3. The van der Waals surface area contributed by atoms with Crippen molar-refractivity contribution < 1.29 is 14.4 Å². The van der Waals surface area contributed by atoms with Gasteiger partial charge >= 0.3 is 6.03 Å². The predicted octanol–water partition coefficient (Wildman–Crippen LogP) is 1.28. The van der Waals surface area contributed by atoms with Crippen molar-refractivity contribution in [2.45, 2.75) is 38.5 Å². The SMILES string of the molecule is O=C1NC(=O)C2(CC2)C(=O)N1CC(C1CC1)C1CC1. The largest absolute Gasteiger partial charge is 0.330 e. The van der Waals surface area contributed by atoms with Crippen LogP contribution in [0.25, 0.3) is 0 Å². The third-order valence-electron chi connectivity index (χ3n) is 5.15. The molecule has 0 aromatic carbocycles. The minimum atomic E-state index is -0.883. The smallest absolute Gasteiger partial charge is 0.277 e. The predicted molar refractivity (Wildman–Crippen MR) is 65.9 cm³/mol. The molecule has 0 aromatic rings. The van der Waals surface area contributed by atoms with Crippen LogP contribution in [0, 0.1) is 23.2 Å². The maximum Gasteiger partial charge on any atom is 0.330 e. The molecule has 5 nitrogen and oxygen atoms in total. The number of imide groups is 2. The first-order valence-corrected chi connectivity index (χ1v) is 7.29. The number of hydrogen-bond acceptors (Lipinski definition) is 3. The van der Waals surface area contributed by atoms with Crippen molar-refractivity contribution in [2.24, 2.45) is 23.2 Å². The molecular weight excluding hydrogens is 244 g/mol. The number of urea groups is 1. The van der Waals surface area contributed by atoms with Gasteiger partial charge in [-0.1, -0.05) is 0 Å². The second-order valence-corrected chi connectivity index (χ2v) is 6.60. The molecule has 1 saturated heterocycles. The summed E-state index contributed by atoms with van der Waals surface area (Å²) in [6, 6.07) is -0.501. The minimum Gasteiger partial charge on any atom is -0.277 e. The van der Waals surface area contributed by atoms with Gasteiger partial charge in [0.2, 0.25) is 11.8 Å². The lowest BCUT2D eigenvalue weighted by Gasteiger charge is -2.33. The Morgan fingerprint density at radius 2 is 1.68 bits per heavy atom. The molecule has 3 aliphatic carbocycles. The molecular formula is C14H18N2O3.